The highest BCUT2D eigenvalue weighted by molar-refractivity contribution is 5.90. The number of urea groups is 1. The van der Waals surface area contributed by atoms with Gasteiger partial charge in [0.15, 0.2) is 0 Å². The Balaban J connectivity index is 1.25. The third-order valence-corrected chi connectivity index (χ3v) is 8.43. The Morgan fingerprint density at radius 2 is 1.79 bits per heavy atom. The molecule has 0 spiro atoms. The normalized spacial score (nSPS) is 20.5. The summed E-state index contributed by atoms with van der Waals surface area (Å²) >= 11 is 0. The maximum absolute atomic E-state index is 13.1. The summed E-state index contributed by atoms with van der Waals surface area (Å²) in [7, 11) is 0. The summed E-state index contributed by atoms with van der Waals surface area (Å²) < 4.78 is 0. The van der Waals surface area contributed by atoms with Crippen LogP contribution in [-0.4, -0.2) is 40.0 Å². The van der Waals surface area contributed by atoms with Crippen LogP contribution in [0.3, 0.4) is 0 Å². The number of carboxylic acids is 1. The summed E-state index contributed by atoms with van der Waals surface area (Å²) in [6.07, 6.45) is 3.51. The van der Waals surface area contributed by atoms with Gasteiger partial charge in [0.25, 0.3) is 0 Å². The highest BCUT2D eigenvalue weighted by atomic mass is 16.4. The number of amides is 3. The number of nitrogens with one attached hydrogen (secondary N) is 2. The molecule has 0 aromatic heterocycles. The van der Waals surface area contributed by atoms with Crippen LogP contribution in [0, 0.1) is 5.92 Å². The minimum absolute atomic E-state index is 0.0113. The Kier molecular flexibility index (Phi) is 6.37. The first-order chi connectivity index (χ1) is 18.8. The van der Waals surface area contributed by atoms with Gasteiger partial charge in [0.05, 0.1) is 5.56 Å². The number of fused-ring (bicyclic) bond motifs is 1. The minimum atomic E-state index is -0.963. The van der Waals surface area contributed by atoms with Gasteiger partial charge in [0.2, 0.25) is 5.91 Å². The Morgan fingerprint density at radius 1 is 1.00 bits per heavy atom. The lowest BCUT2D eigenvalue weighted by Crippen LogP contribution is -2.47. The molecule has 3 N–H and O–H groups in total. The quantitative estimate of drug-likeness (QED) is 0.402. The van der Waals surface area contributed by atoms with E-state index >= 15 is 0 Å². The molecule has 2 atom stereocenters. The van der Waals surface area contributed by atoms with E-state index in [4.69, 9.17) is 0 Å². The zero-order valence-corrected chi connectivity index (χ0v) is 22.1. The van der Waals surface area contributed by atoms with E-state index < -0.39 is 5.97 Å². The molecule has 7 nitrogen and oxygen atoms in total. The maximum atomic E-state index is 13.1. The Morgan fingerprint density at radius 3 is 2.54 bits per heavy atom. The van der Waals surface area contributed by atoms with Crippen molar-refractivity contribution in [1.29, 1.82) is 0 Å². The van der Waals surface area contributed by atoms with Crippen LogP contribution in [0.15, 0.2) is 66.7 Å². The van der Waals surface area contributed by atoms with E-state index in [1.165, 1.54) is 5.56 Å². The van der Waals surface area contributed by atoms with Crippen LogP contribution in [0.2, 0.25) is 0 Å². The minimum Gasteiger partial charge on any atom is -0.478 e. The number of benzene rings is 3. The van der Waals surface area contributed by atoms with Crippen LogP contribution in [0.4, 0.5) is 4.79 Å². The van der Waals surface area contributed by atoms with E-state index in [9.17, 15) is 19.5 Å². The van der Waals surface area contributed by atoms with E-state index in [1.54, 1.807) is 18.2 Å². The summed E-state index contributed by atoms with van der Waals surface area (Å²) in [5.74, 6) is -0.645. The summed E-state index contributed by atoms with van der Waals surface area (Å²) in [5.41, 5.74) is 6.29. The predicted octanol–water partition coefficient (Wildman–Crippen LogP) is 5.09. The molecule has 7 heteroatoms. The van der Waals surface area contributed by atoms with Crippen LogP contribution in [0.1, 0.15) is 64.7 Å². The van der Waals surface area contributed by atoms with Crippen molar-refractivity contribution in [3.05, 3.63) is 94.5 Å². The van der Waals surface area contributed by atoms with Crippen LogP contribution >= 0.6 is 0 Å². The molecule has 39 heavy (non-hydrogen) atoms. The van der Waals surface area contributed by atoms with Crippen molar-refractivity contribution < 1.29 is 19.5 Å². The fourth-order valence-corrected chi connectivity index (χ4v) is 5.69. The first kappa shape index (κ1) is 25.2. The second kappa shape index (κ2) is 9.88. The van der Waals surface area contributed by atoms with Gasteiger partial charge < -0.3 is 20.6 Å². The lowest BCUT2D eigenvalue weighted by molar-refractivity contribution is -0.122. The van der Waals surface area contributed by atoms with Crippen LogP contribution in [0.25, 0.3) is 11.1 Å². The fourth-order valence-electron chi connectivity index (χ4n) is 5.69. The highest BCUT2D eigenvalue weighted by Crippen LogP contribution is 2.47. The number of carbonyl (C=O) groups is 3. The monoisotopic (exact) mass is 523 g/mol. The first-order valence-electron chi connectivity index (χ1n) is 13.7. The van der Waals surface area contributed by atoms with Gasteiger partial charge >= 0.3 is 12.0 Å². The van der Waals surface area contributed by atoms with Crippen molar-refractivity contribution in [2.45, 2.75) is 57.2 Å². The van der Waals surface area contributed by atoms with Gasteiger partial charge in [0, 0.05) is 31.1 Å². The number of rotatable bonds is 7. The molecule has 0 saturated heterocycles. The Hall–Kier alpha value is -4.13. The van der Waals surface area contributed by atoms with Crippen LogP contribution in [0.5, 0.6) is 0 Å². The van der Waals surface area contributed by atoms with Gasteiger partial charge in [-0.1, -0.05) is 54.6 Å². The van der Waals surface area contributed by atoms with E-state index in [2.05, 4.69) is 29.7 Å². The summed E-state index contributed by atoms with van der Waals surface area (Å²) in [5, 5.41) is 15.8. The summed E-state index contributed by atoms with van der Waals surface area (Å²) in [4.78, 5) is 39.5. The van der Waals surface area contributed by atoms with Gasteiger partial charge in [-0.15, -0.1) is 0 Å². The first-order valence-corrected chi connectivity index (χ1v) is 13.7. The summed E-state index contributed by atoms with van der Waals surface area (Å²) in [6, 6.07) is 21.1. The smallest absolute Gasteiger partial charge is 0.335 e. The van der Waals surface area contributed by atoms with Crippen molar-refractivity contribution in [3.63, 3.8) is 0 Å². The average molecular weight is 524 g/mol. The molecule has 6 rings (SSSR count). The fraction of sp³-hybridized carbons (Fsp3) is 0.344. The van der Waals surface area contributed by atoms with Gasteiger partial charge in [0.1, 0.15) is 0 Å². The Bertz CT molecular complexity index is 1450. The van der Waals surface area contributed by atoms with Crippen LogP contribution < -0.4 is 10.6 Å². The molecule has 3 aliphatic rings. The highest BCUT2D eigenvalue weighted by Gasteiger charge is 2.44. The maximum Gasteiger partial charge on any atom is 0.335 e. The predicted molar refractivity (Wildman–Crippen MR) is 148 cm³/mol. The van der Waals surface area contributed by atoms with E-state index in [1.807, 2.05) is 41.3 Å². The van der Waals surface area contributed by atoms with Crippen molar-refractivity contribution in [2.24, 2.45) is 5.92 Å². The van der Waals surface area contributed by atoms with Crippen molar-refractivity contribution in [1.82, 2.24) is 15.5 Å². The lowest BCUT2D eigenvalue weighted by atomic mass is 9.87. The summed E-state index contributed by atoms with van der Waals surface area (Å²) in [6.45, 7) is 3.49. The molecule has 3 aromatic carbocycles. The van der Waals surface area contributed by atoms with E-state index in [0.29, 0.717) is 26.1 Å². The van der Waals surface area contributed by atoms with Gasteiger partial charge in [-0.05, 0) is 84.0 Å². The second-order valence-corrected chi connectivity index (χ2v) is 11.4. The van der Waals surface area contributed by atoms with Crippen LogP contribution in [-0.2, 0) is 24.3 Å². The SMILES string of the molecule is CC1(NC(=O)N2CCc3c(-c4cccc(C(=O)O)c4)ccc(CNC(=O)[C@H]4C[C@@H]4c4ccccc4)c3C2)CC1. The van der Waals surface area contributed by atoms with E-state index in [0.717, 1.165) is 47.1 Å². The molecule has 0 unspecified atom stereocenters. The molecule has 2 fully saturated rings. The number of aromatic carboxylic acids is 1. The lowest BCUT2D eigenvalue weighted by Gasteiger charge is -2.33. The molecule has 0 bridgehead atoms. The molecule has 2 saturated carbocycles. The molecule has 1 heterocycles. The third kappa shape index (κ3) is 5.26. The molecule has 0 radical (unpaired) electrons. The van der Waals surface area contributed by atoms with E-state index in [-0.39, 0.29) is 34.9 Å². The molecular weight excluding hydrogens is 490 g/mol. The van der Waals surface area contributed by atoms with Crippen molar-refractivity contribution in [2.75, 3.05) is 6.54 Å². The zero-order valence-electron chi connectivity index (χ0n) is 22.1. The number of carboxylic acid groups (broad SMARTS) is 1. The molecule has 1 aliphatic heterocycles. The number of nitrogens with zero attached hydrogens (tertiary/aromatic N) is 1. The third-order valence-electron chi connectivity index (χ3n) is 8.43. The number of carbonyl (C=O) groups excluding carboxylic acids is 2. The van der Waals surface area contributed by atoms with Gasteiger partial charge in [-0.25, -0.2) is 9.59 Å². The average Bonchev–Trinajstić information content (AvgIpc) is 3.89. The molecule has 3 amide bonds. The molecule has 2 aliphatic carbocycles. The zero-order chi connectivity index (χ0) is 27.1. The van der Waals surface area contributed by atoms with Gasteiger partial charge in [-0.3, -0.25) is 4.79 Å². The second-order valence-electron chi connectivity index (χ2n) is 11.4. The van der Waals surface area contributed by atoms with Crippen molar-refractivity contribution in [3.8, 4) is 11.1 Å². The van der Waals surface area contributed by atoms with Gasteiger partial charge in [-0.2, -0.15) is 0 Å². The standard InChI is InChI=1S/C32H33N3O4/c1-32(13-14-32)34-31(39)35-15-12-25-24(21-8-5-9-22(16-21)30(37)38)11-10-23(28(25)19-35)18-33-29(36)27-17-26(27)20-6-3-2-4-7-20/h2-11,16,26-27H,12-15,17-19H2,1H3,(H,33,36)(H,34,39)(H,37,38)/t26-,27+/m1/s1. The Labute approximate surface area is 228 Å². The molecule has 200 valence electrons. The topological polar surface area (TPSA) is 98.7 Å². The molecule has 3 aromatic rings. The molecular formula is C32H33N3O4. The number of hydrogen-bond acceptors (Lipinski definition) is 3. The number of hydrogen-bond donors (Lipinski definition) is 3. The largest absolute Gasteiger partial charge is 0.478 e. The van der Waals surface area contributed by atoms with Crippen molar-refractivity contribution >= 4 is 17.9 Å².